The van der Waals surface area contributed by atoms with E-state index in [2.05, 4.69) is 34.6 Å². The fourth-order valence-corrected chi connectivity index (χ4v) is 2.46. The summed E-state index contributed by atoms with van der Waals surface area (Å²) in [6, 6.07) is 6.74. The third-order valence-electron chi connectivity index (χ3n) is 3.99. The maximum Gasteiger partial charge on any atom is 0.191 e. The largest absolute Gasteiger partial charge is 0.356 e. The Hall–Kier alpha value is -2.37. The summed E-state index contributed by atoms with van der Waals surface area (Å²) >= 11 is 0. The molecule has 1 heterocycles. The highest BCUT2D eigenvalue weighted by molar-refractivity contribution is 5.79. The van der Waals surface area contributed by atoms with Crippen LogP contribution >= 0.6 is 0 Å². The third-order valence-corrected chi connectivity index (χ3v) is 3.99. The molecule has 0 unspecified atom stereocenters. The van der Waals surface area contributed by atoms with Gasteiger partial charge in [-0.15, -0.1) is 0 Å². The van der Waals surface area contributed by atoms with E-state index in [1.165, 1.54) is 11.6 Å². The maximum atomic E-state index is 13.4. The molecule has 0 aliphatic carbocycles. The van der Waals surface area contributed by atoms with E-state index in [-0.39, 0.29) is 11.2 Å². The normalized spacial score (nSPS) is 12.3. The molecule has 0 saturated carbocycles. The van der Waals surface area contributed by atoms with Gasteiger partial charge in [-0.3, -0.25) is 9.67 Å². The van der Waals surface area contributed by atoms with Crippen molar-refractivity contribution in [3.8, 4) is 0 Å². The lowest BCUT2D eigenvalue weighted by atomic mass is 9.84. The van der Waals surface area contributed by atoms with Crippen LogP contribution in [0.3, 0.4) is 0 Å². The lowest BCUT2D eigenvalue weighted by Crippen LogP contribution is -2.44. The van der Waals surface area contributed by atoms with Crippen LogP contribution in [0, 0.1) is 5.82 Å². The number of aryl methyl sites for hydroxylation is 1. The van der Waals surface area contributed by atoms with Crippen LogP contribution in [0.25, 0.3) is 0 Å². The van der Waals surface area contributed by atoms with Gasteiger partial charge in [0.25, 0.3) is 0 Å². The predicted molar refractivity (Wildman–Crippen MR) is 95.7 cm³/mol. The molecule has 24 heavy (non-hydrogen) atoms. The first-order chi connectivity index (χ1) is 11.4. The van der Waals surface area contributed by atoms with Gasteiger partial charge >= 0.3 is 0 Å². The fraction of sp³-hybridized carbons (Fsp3) is 0.444. The molecule has 0 atom stereocenters. The summed E-state index contributed by atoms with van der Waals surface area (Å²) in [5.41, 5.74) is 1.93. The molecule has 5 nitrogen and oxygen atoms in total. The molecule has 0 bridgehead atoms. The SMILES string of the molecule is CN=C(NCCc1cnn(C)c1)NCC(C)(C)c1cccc(F)c1. The van der Waals surface area contributed by atoms with Crippen LogP contribution in [0.4, 0.5) is 4.39 Å². The Morgan fingerprint density at radius 2 is 2.12 bits per heavy atom. The van der Waals surface area contributed by atoms with Crippen molar-refractivity contribution in [1.82, 2.24) is 20.4 Å². The Labute approximate surface area is 143 Å². The minimum Gasteiger partial charge on any atom is -0.356 e. The maximum absolute atomic E-state index is 13.4. The van der Waals surface area contributed by atoms with E-state index in [0.717, 1.165) is 24.5 Å². The van der Waals surface area contributed by atoms with Crippen molar-refractivity contribution in [2.75, 3.05) is 20.1 Å². The first-order valence-corrected chi connectivity index (χ1v) is 8.09. The Balaban J connectivity index is 1.84. The van der Waals surface area contributed by atoms with Gasteiger partial charge < -0.3 is 10.6 Å². The molecule has 2 aromatic rings. The third kappa shape index (κ3) is 5.08. The van der Waals surface area contributed by atoms with Crippen LogP contribution in [0.15, 0.2) is 41.7 Å². The van der Waals surface area contributed by atoms with Crippen molar-refractivity contribution < 1.29 is 4.39 Å². The number of hydrogen-bond donors (Lipinski definition) is 2. The zero-order valence-electron chi connectivity index (χ0n) is 14.8. The number of aliphatic imine (C=N–C) groups is 1. The highest BCUT2D eigenvalue weighted by atomic mass is 19.1. The fourth-order valence-electron chi connectivity index (χ4n) is 2.46. The van der Waals surface area contributed by atoms with Gasteiger partial charge in [0, 0.05) is 38.8 Å². The predicted octanol–water partition coefficient (Wildman–Crippen LogP) is 2.24. The van der Waals surface area contributed by atoms with E-state index < -0.39 is 0 Å². The lowest BCUT2D eigenvalue weighted by molar-refractivity contribution is 0.503. The van der Waals surface area contributed by atoms with Gasteiger partial charge in [-0.2, -0.15) is 5.10 Å². The molecular weight excluding hydrogens is 305 g/mol. The summed E-state index contributed by atoms with van der Waals surface area (Å²) in [5.74, 6) is 0.530. The number of hydrogen-bond acceptors (Lipinski definition) is 2. The Bertz CT molecular complexity index is 690. The lowest BCUT2D eigenvalue weighted by Gasteiger charge is -2.26. The van der Waals surface area contributed by atoms with E-state index in [1.807, 2.05) is 25.5 Å². The first-order valence-electron chi connectivity index (χ1n) is 8.09. The summed E-state index contributed by atoms with van der Waals surface area (Å²) in [7, 11) is 3.65. The quantitative estimate of drug-likeness (QED) is 0.630. The van der Waals surface area contributed by atoms with Gasteiger partial charge in [-0.1, -0.05) is 26.0 Å². The van der Waals surface area contributed by atoms with Gasteiger partial charge in [-0.05, 0) is 29.7 Å². The molecule has 130 valence electrons. The van der Waals surface area contributed by atoms with Crippen LogP contribution < -0.4 is 10.6 Å². The molecular formula is C18H26FN5. The Kier molecular flexibility index (Phi) is 5.95. The van der Waals surface area contributed by atoms with Crippen molar-refractivity contribution >= 4 is 5.96 Å². The van der Waals surface area contributed by atoms with E-state index in [4.69, 9.17) is 0 Å². The minimum absolute atomic E-state index is 0.205. The molecule has 2 rings (SSSR count). The average molecular weight is 331 g/mol. The summed E-state index contributed by atoms with van der Waals surface area (Å²) in [6.45, 7) is 5.59. The summed E-state index contributed by atoms with van der Waals surface area (Å²) < 4.78 is 15.2. The van der Waals surface area contributed by atoms with E-state index in [9.17, 15) is 4.39 Å². The van der Waals surface area contributed by atoms with Crippen LogP contribution in [0.2, 0.25) is 0 Å². The van der Waals surface area contributed by atoms with Gasteiger partial charge in [0.05, 0.1) is 6.20 Å². The van der Waals surface area contributed by atoms with E-state index >= 15 is 0 Å². The molecule has 1 aromatic heterocycles. The van der Waals surface area contributed by atoms with Gasteiger partial charge in [0.1, 0.15) is 5.82 Å². The molecule has 0 spiro atoms. The second kappa shape index (κ2) is 7.95. The Morgan fingerprint density at radius 1 is 1.33 bits per heavy atom. The van der Waals surface area contributed by atoms with E-state index in [1.54, 1.807) is 23.9 Å². The molecule has 0 saturated heterocycles. The second-order valence-electron chi connectivity index (χ2n) is 6.52. The molecule has 0 aliphatic rings. The smallest absolute Gasteiger partial charge is 0.191 e. The number of nitrogens with zero attached hydrogens (tertiary/aromatic N) is 3. The molecule has 0 fully saturated rings. The summed E-state index contributed by atoms with van der Waals surface area (Å²) in [4.78, 5) is 4.24. The zero-order valence-corrected chi connectivity index (χ0v) is 14.8. The zero-order chi connectivity index (χ0) is 17.6. The minimum atomic E-state index is -0.209. The summed E-state index contributed by atoms with van der Waals surface area (Å²) in [6.07, 6.45) is 4.75. The molecule has 0 radical (unpaired) electrons. The topological polar surface area (TPSA) is 54.2 Å². The number of halogens is 1. The number of guanidine groups is 1. The monoisotopic (exact) mass is 331 g/mol. The van der Waals surface area contributed by atoms with Crippen molar-refractivity contribution in [3.63, 3.8) is 0 Å². The van der Waals surface area contributed by atoms with Crippen molar-refractivity contribution in [1.29, 1.82) is 0 Å². The number of nitrogens with one attached hydrogen (secondary N) is 2. The molecule has 2 N–H and O–H groups in total. The summed E-state index contributed by atoms with van der Waals surface area (Å²) in [5, 5.41) is 10.8. The van der Waals surface area contributed by atoms with Crippen LogP contribution in [0.5, 0.6) is 0 Å². The second-order valence-corrected chi connectivity index (χ2v) is 6.52. The van der Waals surface area contributed by atoms with Crippen LogP contribution in [-0.4, -0.2) is 35.9 Å². The molecule has 0 aliphatic heterocycles. The highest BCUT2D eigenvalue weighted by Crippen LogP contribution is 2.22. The van der Waals surface area contributed by atoms with Crippen molar-refractivity contribution in [2.45, 2.75) is 25.7 Å². The van der Waals surface area contributed by atoms with E-state index in [0.29, 0.717) is 6.54 Å². The van der Waals surface area contributed by atoms with Crippen molar-refractivity contribution in [3.05, 3.63) is 53.6 Å². The van der Waals surface area contributed by atoms with Crippen LogP contribution in [0.1, 0.15) is 25.0 Å². The first kappa shape index (κ1) is 18.0. The van der Waals surface area contributed by atoms with Gasteiger partial charge in [0.15, 0.2) is 5.96 Å². The van der Waals surface area contributed by atoms with Gasteiger partial charge in [-0.25, -0.2) is 4.39 Å². The molecule has 1 aromatic carbocycles. The number of rotatable bonds is 6. The standard InChI is InChI=1S/C18H26FN5/c1-18(2,15-6-5-7-16(19)10-15)13-22-17(20-3)21-9-8-14-11-23-24(4)12-14/h5-7,10-12H,8-9,13H2,1-4H3,(H2,20,21,22). The Morgan fingerprint density at radius 3 is 2.75 bits per heavy atom. The average Bonchev–Trinajstić information content (AvgIpc) is 2.96. The number of benzene rings is 1. The van der Waals surface area contributed by atoms with Crippen molar-refractivity contribution in [2.24, 2.45) is 12.0 Å². The van der Waals surface area contributed by atoms with Crippen LogP contribution in [-0.2, 0) is 18.9 Å². The molecule has 0 amide bonds. The molecule has 6 heteroatoms. The number of aromatic nitrogens is 2. The highest BCUT2D eigenvalue weighted by Gasteiger charge is 2.21. The van der Waals surface area contributed by atoms with Gasteiger partial charge in [0.2, 0.25) is 0 Å².